The molecule has 0 saturated carbocycles. The summed E-state index contributed by atoms with van der Waals surface area (Å²) in [6.45, 7) is 0. The number of fused-ring (bicyclic) bond motifs is 2. The number of benzene rings is 3. The Hall–Kier alpha value is -3.60. The van der Waals surface area contributed by atoms with Crippen LogP contribution in [0.1, 0.15) is 37.9 Å². The first kappa shape index (κ1) is 16.8. The normalized spacial score (nSPS) is 12.3. The van der Waals surface area contributed by atoms with Gasteiger partial charge in [-0.2, -0.15) is 0 Å². The zero-order valence-electron chi connectivity index (χ0n) is 14.6. The Kier molecular flexibility index (Phi) is 4.34. The average molecular weight is 359 g/mol. The Morgan fingerprint density at radius 1 is 0.815 bits per heavy atom. The first-order valence-electron chi connectivity index (χ1n) is 8.52. The summed E-state index contributed by atoms with van der Waals surface area (Å²) in [7, 11) is 1.32. The highest BCUT2D eigenvalue weighted by molar-refractivity contribution is 5.96. The van der Waals surface area contributed by atoms with Crippen LogP contribution in [0.3, 0.4) is 0 Å². The number of hydrogen-bond acceptors (Lipinski definition) is 4. The highest BCUT2D eigenvalue weighted by Gasteiger charge is 2.28. The van der Waals surface area contributed by atoms with Crippen LogP contribution in [0.15, 0.2) is 72.8 Å². The predicted octanol–water partition coefficient (Wildman–Crippen LogP) is 4.10. The van der Waals surface area contributed by atoms with E-state index in [1.54, 1.807) is 24.3 Å². The molecule has 134 valence electrons. The number of carbonyl (C=O) groups is 2. The number of hydrogen-bond donors (Lipinski definition) is 1. The van der Waals surface area contributed by atoms with E-state index in [1.165, 1.54) is 7.11 Å². The highest BCUT2D eigenvalue weighted by Crippen LogP contribution is 2.42. The van der Waals surface area contributed by atoms with Crippen LogP contribution < -0.4 is 10.1 Å². The van der Waals surface area contributed by atoms with Crippen LogP contribution >= 0.6 is 0 Å². The minimum absolute atomic E-state index is 0.233. The lowest BCUT2D eigenvalue weighted by atomic mass is 9.94. The molecule has 0 unspecified atom stereocenters. The summed E-state index contributed by atoms with van der Waals surface area (Å²) >= 11 is 0. The van der Waals surface area contributed by atoms with Gasteiger partial charge in [-0.3, -0.25) is 4.79 Å². The van der Waals surface area contributed by atoms with E-state index in [9.17, 15) is 9.59 Å². The molecule has 4 rings (SSSR count). The molecule has 1 heterocycles. The summed E-state index contributed by atoms with van der Waals surface area (Å²) in [5, 5.41) is 3.08. The summed E-state index contributed by atoms with van der Waals surface area (Å²) in [6.07, 6.45) is 0. The fraction of sp³-hybridized carbons (Fsp3) is 0.0909. The van der Waals surface area contributed by atoms with E-state index in [4.69, 9.17) is 4.74 Å². The van der Waals surface area contributed by atoms with Crippen LogP contribution in [0, 0.1) is 0 Å². The number of nitrogens with one attached hydrogen (secondary N) is 1. The van der Waals surface area contributed by atoms with E-state index in [-0.39, 0.29) is 11.9 Å². The quantitative estimate of drug-likeness (QED) is 0.715. The van der Waals surface area contributed by atoms with Gasteiger partial charge in [0.25, 0.3) is 5.91 Å². The monoisotopic (exact) mass is 359 g/mol. The van der Waals surface area contributed by atoms with Crippen molar-refractivity contribution in [3.8, 4) is 11.5 Å². The second-order valence-corrected chi connectivity index (χ2v) is 6.15. The minimum Gasteiger partial charge on any atom is -0.465 e. The second-order valence-electron chi connectivity index (χ2n) is 6.15. The van der Waals surface area contributed by atoms with Crippen molar-refractivity contribution in [3.63, 3.8) is 0 Å². The number of esters is 1. The Morgan fingerprint density at radius 2 is 1.33 bits per heavy atom. The van der Waals surface area contributed by atoms with Crippen LogP contribution in [0.4, 0.5) is 0 Å². The van der Waals surface area contributed by atoms with E-state index < -0.39 is 5.97 Å². The molecule has 1 aliphatic rings. The summed E-state index contributed by atoms with van der Waals surface area (Å²) < 4.78 is 10.6. The first-order chi connectivity index (χ1) is 13.2. The lowest BCUT2D eigenvalue weighted by Gasteiger charge is -2.28. The molecule has 1 N–H and O–H groups in total. The van der Waals surface area contributed by atoms with Gasteiger partial charge in [-0.05, 0) is 36.4 Å². The number of methoxy groups -OCH3 is 1. The van der Waals surface area contributed by atoms with Gasteiger partial charge < -0.3 is 14.8 Å². The number of carbonyl (C=O) groups excluding carboxylic acids is 2. The van der Waals surface area contributed by atoms with Crippen LogP contribution in [0.25, 0.3) is 0 Å². The van der Waals surface area contributed by atoms with Gasteiger partial charge in [0.05, 0.1) is 18.7 Å². The second kappa shape index (κ2) is 6.96. The standard InChI is InChI=1S/C22H17NO4/c1-26-22(25)15-12-10-14(11-13-15)21(24)23-20-16-6-2-4-8-18(16)27-19-9-5-3-7-17(19)20/h2-13,20H,1H3,(H,23,24). The SMILES string of the molecule is COC(=O)c1ccc(C(=O)NC2c3ccccc3Oc3ccccc32)cc1. The number of amides is 1. The van der Waals surface area contributed by atoms with Crippen molar-refractivity contribution in [2.24, 2.45) is 0 Å². The van der Waals surface area contributed by atoms with Crippen LogP contribution in [0.5, 0.6) is 11.5 Å². The molecule has 5 heteroatoms. The van der Waals surface area contributed by atoms with Crippen molar-refractivity contribution in [1.29, 1.82) is 0 Å². The zero-order valence-corrected chi connectivity index (χ0v) is 14.6. The van der Waals surface area contributed by atoms with Crippen molar-refractivity contribution >= 4 is 11.9 Å². The maximum Gasteiger partial charge on any atom is 0.337 e. The minimum atomic E-state index is -0.436. The van der Waals surface area contributed by atoms with E-state index >= 15 is 0 Å². The van der Waals surface area contributed by atoms with E-state index in [1.807, 2.05) is 48.5 Å². The molecule has 3 aromatic carbocycles. The molecule has 0 fully saturated rings. The number of para-hydroxylation sites is 2. The van der Waals surface area contributed by atoms with Crippen molar-refractivity contribution in [2.75, 3.05) is 7.11 Å². The van der Waals surface area contributed by atoms with Crippen molar-refractivity contribution in [2.45, 2.75) is 6.04 Å². The summed E-state index contributed by atoms with van der Waals surface area (Å²) in [6, 6.07) is 21.3. The maximum absolute atomic E-state index is 12.8. The average Bonchev–Trinajstić information content (AvgIpc) is 2.73. The highest BCUT2D eigenvalue weighted by atomic mass is 16.5. The molecule has 0 bridgehead atoms. The predicted molar refractivity (Wildman–Crippen MR) is 100 cm³/mol. The summed E-state index contributed by atoms with van der Waals surface area (Å²) in [5.41, 5.74) is 2.66. The summed E-state index contributed by atoms with van der Waals surface area (Å²) in [4.78, 5) is 24.4. The van der Waals surface area contributed by atoms with Crippen LogP contribution in [-0.4, -0.2) is 19.0 Å². The Labute approximate surface area is 156 Å². The molecule has 1 amide bonds. The van der Waals surface area contributed by atoms with E-state index in [2.05, 4.69) is 10.1 Å². The van der Waals surface area contributed by atoms with Gasteiger partial charge in [0, 0.05) is 16.7 Å². The van der Waals surface area contributed by atoms with Crippen LogP contribution in [0.2, 0.25) is 0 Å². The van der Waals surface area contributed by atoms with Crippen LogP contribution in [-0.2, 0) is 4.74 Å². The van der Waals surface area contributed by atoms with Gasteiger partial charge >= 0.3 is 5.97 Å². The van der Waals surface area contributed by atoms with Gasteiger partial charge in [0.2, 0.25) is 0 Å². The Morgan fingerprint density at radius 3 is 1.89 bits per heavy atom. The summed E-state index contributed by atoms with van der Waals surface area (Å²) in [5.74, 6) is 0.780. The third-order valence-electron chi connectivity index (χ3n) is 4.52. The lowest BCUT2D eigenvalue weighted by molar-refractivity contribution is 0.0600. The van der Waals surface area contributed by atoms with Crippen molar-refractivity contribution in [1.82, 2.24) is 5.32 Å². The van der Waals surface area contributed by atoms with Crippen molar-refractivity contribution in [3.05, 3.63) is 95.1 Å². The third-order valence-corrected chi connectivity index (χ3v) is 4.52. The molecule has 0 aromatic heterocycles. The lowest BCUT2D eigenvalue weighted by Crippen LogP contribution is -2.31. The Bertz CT molecular complexity index is 965. The molecule has 0 radical (unpaired) electrons. The topological polar surface area (TPSA) is 64.6 Å². The van der Waals surface area contributed by atoms with Gasteiger partial charge in [-0.1, -0.05) is 36.4 Å². The first-order valence-corrected chi connectivity index (χ1v) is 8.52. The molecule has 0 aliphatic carbocycles. The van der Waals surface area contributed by atoms with E-state index in [0.29, 0.717) is 11.1 Å². The zero-order chi connectivity index (χ0) is 18.8. The fourth-order valence-electron chi connectivity index (χ4n) is 3.16. The smallest absolute Gasteiger partial charge is 0.337 e. The molecular formula is C22H17NO4. The van der Waals surface area contributed by atoms with Gasteiger partial charge in [-0.25, -0.2) is 4.79 Å². The molecule has 5 nitrogen and oxygen atoms in total. The largest absolute Gasteiger partial charge is 0.465 e. The van der Waals surface area contributed by atoms with Gasteiger partial charge in [0.15, 0.2) is 0 Å². The van der Waals surface area contributed by atoms with Crippen molar-refractivity contribution < 1.29 is 19.1 Å². The molecule has 3 aromatic rings. The molecule has 27 heavy (non-hydrogen) atoms. The Balaban J connectivity index is 1.64. The molecular weight excluding hydrogens is 342 g/mol. The molecule has 0 atom stereocenters. The fourth-order valence-corrected chi connectivity index (χ4v) is 3.16. The molecule has 0 saturated heterocycles. The molecule has 0 spiro atoms. The number of ether oxygens (including phenoxy) is 2. The van der Waals surface area contributed by atoms with E-state index in [0.717, 1.165) is 22.6 Å². The maximum atomic E-state index is 12.8. The van der Waals surface area contributed by atoms with Gasteiger partial charge in [-0.15, -0.1) is 0 Å². The third kappa shape index (κ3) is 3.15. The molecule has 1 aliphatic heterocycles. The number of rotatable bonds is 3. The van der Waals surface area contributed by atoms with Gasteiger partial charge in [0.1, 0.15) is 11.5 Å².